The third-order valence-corrected chi connectivity index (χ3v) is 5.78. The molecule has 0 aliphatic carbocycles. The Hall–Kier alpha value is -3.36. The third kappa shape index (κ3) is 5.71. The van der Waals surface area contributed by atoms with E-state index in [9.17, 15) is 9.18 Å². The number of carbonyl (C=O) groups is 1. The third-order valence-electron chi connectivity index (χ3n) is 4.60. The zero-order chi connectivity index (χ0) is 23.2. The fraction of sp³-hybridized carbons (Fsp3) is 0.125. The normalized spacial score (nSPS) is 10.8. The van der Waals surface area contributed by atoms with E-state index in [1.54, 1.807) is 53.1 Å². The first-order valence-corrected chi connectivity index (χ1v) is 11.5. The molecule has 168 valence electrons. The Bertz CT molecular complexity index is 1230. The smallest absolute Gasteiger partial charge is 0.234 e. The van der Waals surface area contributed by atoms with Gasteiger partial charge >= 0.3 is 0 Å². The molecule has 0 unspecified atom stereocenters. The van der Waals surface area contributed by atoms with Crippen LogP contribution in [0.2, 0.25) is 5.02 Å². The van der Waals surface area contributed by atoms with Gasteiger partial charge in [0.15, 0.2) is 11.0 Å². The Balaban J connectivity index is 1.53. The van der Waals surface area contributed by atoms with Gasteiger partial charge in [0.2, 0.25) is 5.91 Å². The second-order valence-corrected chi connectivity index (χ2v) is 8.30. The lowest BCUT2D eigenvalue weighted by molar-refractivity contribution is -0.113. The molecule has 0 aliphatic heterocycles. The first kappa shape index (κ1) is 22.8. The maximum Gasteiger partial charge on any atom is 0.234 e. The summed E-state index contributed by atoms with van der Waals surface area (Å²) in [6.07, 6.45) is 0. The fourth-order valence-electron chi connectivity index (χ4n) is 3.10. The van der Waals surface area contributed by atoms with Crippen LogP contribution in [0.25, 0.3) is 17.1 Å². The van der Waals surface area contributed by atoms with E-state index < -0.39 is 0 Å². The molecule has 4 aromatic rings. The van der Waals surface area contributed by atoms with Gasteiger partial charge < -0.3 is 10.1 Å². The molecule has 1 N–H and O–H groups in total. The first-order valence-electron chi connectivity index (χ1n) is 10.2. The molecular formula is C24H20ClFN4O2S. The topological polar surface area (TPSA) is 69.0 Å². The molecule has 33 heavy (non-hydrogen) atoms. The second-order valence-electron chi connectivity index (χ2n) is 6.92. The number of rotatable bonds is 8. The van der Waals surface area contributed by atoms with Gasteiger partial charge in [-0.2, -0.15) is 0 Å². The Morgan fingerprint density at radius 2 is 1.73 bits per heavy atom. The Labute approximate surface area is 199 Å². The van der Waals surface area contributed by atoms with Gasteiger partial charge in [0, 0.05) is 22.0 Å². The molecule has 1 aromatic heterocycles. The summed E-state index contributed by atoms with van der Waals surface area (Å²) in [5, 5.41) is 12.6. The number of hydrogen-bond acceptors (Lipinski definition) is 5. The molecule has 1 heterocycles. The van der Waals surface area contributed by atoms with E-state index in [0.717, 1.165) is 11.3 Å². The quantitative estimate of drug-likeness (QED) is 0.319. The van der Waals surface area contributed by atoms with E-state index in [1.165, 1.54) is 23.9 Å². The summed E-state index contributed by atoms with van der Waals surface area (Å²) >= 11 is 7.25. The van der Waals surface area contributed by atoms with Crippen molar-refractivity contribution in [2.45, 2.75) is 12.1 Å². The number of amides is 1. The van der Waals surface area contributed by atoms with Crippen molar-refractivity contribution < 1.29 is 13.9 Å². The molecule has 1 amide bonds. The van der Waals surface area contributed by atoms with Crippen LogP contribution in [0.3, 0.4) is 0 Å². The average molecular weight is 483 g/mol. The molecule has 0 spiro atoms. The van der Waals surface area contributed by atoms with Crippen molar-refractivity contribution in [3.63, 3.8) is 0 Å². The Morgan fingerprint density at radius 1 is 1.03 bits per heavy atom. The maximum absolute atomic E-state index is 13.5. The van der Waals surface area contributed by atoms with E-state index in [0.29, 0.717) is 34.0 Å². The van der Waals surface area contributed by atoms with Gasteiger partial charge in [-0.25, -0.2) is 4.39 Å². The van der Waals surface area contributed by atoms with E-state index in [2.05, 4.69) is 15.5 Å². The van der Waals surface area contributed by atoms with Gasteiger partial charge in [0.1, 0.15) is 11.6 Å². The minimum Gasteiger partial charge on any atom is -0.494 e. The van der Waals surface area contributed by atoms with E-state index in [-0.39, 0.29) is 17.5 Å². The van der Waals surface area contributed by atoms with Crippen molar-refractivity contribution in [3.8, 4) is 22.8 Å². The van der Waals surface area contributed by atoms with Crippen LogP contribution >= 0.6 is 23.4 Å². The van der Waals surface area contributed by atoms with Crippen LogP contribution in [0, 0.1) is 5.82 Å². The van der Waals surface area contributed by atoms with Crippen molar-refractivity contribution in [3.05, 3.63) is 83.6 Å². The number of hydrogen-bond donors (Lipinski definition) is 1. The molecule has 0 atom stereocenters. The average Bonchev–Trinajstić information content (AvgIpc) is 3.24. The van der Waals surface area contributed by atoms with Crippen LogP contribution in [0.15, 0.2) is 78.0 Å². The molecule has 0 radical (unpaired) electrons. The van der Waals surface area contributed by atoms with Crippen LogP contribution < -0.4 is 10.1 Å². The molecule has 0 bridgehead atoms. The second kappa shape index (κ2) is 10.5. The van der Waals surface area contributed by atoms with Crippen molar-refractivity contribution >= 4 is 35.0 Å². The molecule has 3 aromatic carbocycles. The van der Waals surface area contributed by atoms with E-state index in [1.807, 2.05) is 19.1 Å². The molecule has 4 rings (SSSR count). The zero-order valence-electron chi connectivity index (χ0n) is 17.7. The summed E-state index contributed by atoms with van der Waals surface area (Å²) in [4.78, 5) is 12.5. The highest BCUT2D eigenvalue weighted by Gasteiger charge is 2.17. The van der Waals surface area contributed by atoms with Crippen molar-refractivity contribution in [1.29, 1.82) is 0 Å². The number of benzene rings is 3. The lowest BCUT2D eigenvalue weighted by Crippen LogP contribution is -2.14. The summed E-state index contributed by atoms with van der Waals surface area (Å²) in [6, 6.07) is 20.4. The summed E-state index contributed by atoms with van der Waals surface area (Å²) < 4.78 is 20.7. The predicted octanol–water partition coefficient (Wildman–Crippen LogP) is 5.86. The minimum absolute atomic E-state index is 0.118. The monoisotopic (exact) mass is 482 g/mol. The molecule has 0 saturated heterocycles. The number of thioether (sulfide) groups is 1. The summed E-state index contributed by atoms with van der Waals surface area (Å²) in [7, 11) is 0. The summed E-state index contributed by atoms with van der Waals surface area (Å²) in [6.45, 7) is 2.49. The van der Waals surface area contributed by atoms with Gasteiger partial charge in [0.05, 0.1) is 12.4 Å². The largest absolute Gasteiger partial charge is 0.494 e. The lowest BCUT2D eigenvalue weighted by Gasteiger charge is -2.11. The maximum atomic E-state index is 13.5. The first-order chi connectivity index (χ1) is 16.0. The van der Waals surface area contributed by atoms with Gasteiger partial charge in [-0.15, -0.1) is 10.2 Å². The van der Waals surface area contributed by atoms with Crippen LogP contribution in [-0.2, 0) is 4.79 Å². The zero-order valence-corrected chi connectivity index (χ0v) is 19.2. The minimum atomic E-state index is -0.344. The number of anilines is 1. The lowest BCUT2D eigenvalue weighted by atomic mass is 10.2. The standard InChI is InChI=1S/C24H20ClFN4O2S/c1-2-32-21-13-9-19(10-14-21)27-22(31)15-33-24-29-28-23(16-3-5-17(25)6-4-16)30(24)20-11-7-18(26)8-12-20/h3-14H,2,15H2,1H3,(H,27,31). The molecule has 0 fully saturated rings. The summed E-state index contributed by atoms with van der Waals surface area (Å²) in [5.74, 6) is 0.891. The molecule has 9 heteroatoms. The van der Waals surface area contributed by atoms with Crippen LogP contribution in [-0.4, -0.2) is 33.0 Å². The number of halogens is 2. The Kier molecular flexibility index (Phi) is 7.26. The Morgan fingerprint density at radius 3 is 2.39 bits per heavy atom. The highest BCUT2D eigenvalue weighted by Crippen LogP contribution is 2.29. The molecular weight excluding hydrogens is 463 g/mol. The van der Waals surface area contributed by atoms with Gasteiger partial charge in [-0.05, 0) is 79.7 Å². The van der Waals surface area contributed by atoms with E-state index >= 15 is 0 Å². The number of ether oxygens (including phenoxy) is 1. The highest BCUT2D eigenvalue weighted by molar-refractivity contribution is 7.99. The van der Waals surface area contributed by atoms with Crippen molar-refractivity contribution in [2.75, 3.05) is 17.7 Å². The van der Waals surface area contributed by atoms with Crippen LogP contribution in [0.5, 0.6) is 5.75 Å². The SMILES string of the molecule is CCOc1ccc(NC(=O)CSc2nnc(-c3ccc(Cl)cc3)n2-c2ccc(F)cc2)cc1. The number of aromatic nitrogens is 3. The molecule has 0 saturated carbocycles. The van der Waals surface area contributed by atoms with Crippen molar-refractivity contribution in [2.24, 2.45) is 0 Å². The number of carbonyl (C=O) groups excluding carboxylic acids is 1. The number of nitrogens with one attached hydrogen (secondary N) is 1. The van der Waals surface area contributed by atoms with Crippen LogP contribution in [0.4, 0.5) is 10.1 Å². The van der Waals surface area contributed by atoms with Crippen LogP contribution in [0.1, 0.15) is 6.92 Å². The summed E-state index contributed by atoms with van der Waals surface area (Å²) in [5.41, 5.74) is 2.15. The predicted molar refractivity (Wildman–Crippen MR) is 129 cm³/mol. The van der Waals surface area contributed by atoms with Gasteiger partial charge in [0.25, 0.3) is 0 Å². The van der Waals surface area contributed by atoms with Crippen molar-refractivity contribution in [1.82, 2.24) is 14.8 Å². The van der Waals surface area contributed by atoms with Gasteiger partial charge in [-0.3, -0.25) is 9.36 Å². The van der Waals surface area contributed by atoms with Gasteiger partial charge in [-0.1, -0.05) is 23.4 Å². The van der Waals surface area contributed by atoms with E-state index in [4.69, 9.17) is 16.3 Å². The molecule has 0 aliphatic rings. The highest BCUT2D eigenvalue weighted by atomic mass is 35.5. The number of nitrogens with zero attached hydrogens (tertiary/aromatic N) is 3. The molecule has 6 nitrogen and oxygen atoms in total. The fourth-order valence-corrected chi connectivity index (χ4v) is 3.98.